The Labute approximate surface area is 157 Å². The lowest BCUT2D eigenvalue weighted by Gasteiger charge is -2.00. The van der Waals surface area contributed by atoms with Gasteiger partial charge in [0.15, 0.2) is 0 Å². The number of fused-ring (bicyclic) bond motifs is 1. The van der Waals surface area contributed by atoms with Gasteiger partial charge in [-0.2, -0.15) is 14.6 Å². The summed E-state index contributed by atoms with van der Waals surface area (Å²) in [4.78, 5) is 29.2. The molecule has 2 aromatic carbocycles. The Morgan fingerprint density at radius 1 is 1.07 bits per heavy atom. The Hall–Kier alpha value is -3.19. The van der Waals surface area contributed by atoms with Crippen LogP contribution in [0.15, 0.2) is 58.1 Å². The van der Waals surface area contributed by atoms with Crippen LogP contribution in [0.1, 0.15) is 22.4 Å². The summed E-state index contributed by atoms with van der Waals surface area (Å²) < 4.78 is 14.6. The van der Waals surface area contributed by atoms with E-state index in [1.807, 2.05) is 31.2 Å². The van der Waals surface area contributed by atoms with Crippen LogP contribution in [0.2, 0.25) is 0 Å². The SMILES string of the molecule is Cc1ccc(/C=c2/sc3nc(=O)c(Cc4ccc(F)cc4)nn3c2=O)cc1. The van der Waals surface area contributed by atoms with Gasteiger partial charge in [-0.05, 0) is 36.3 Å². The van der Waals surface area contributed by atoms with Crippen LogP contribution < -0.4 is 15.7 Å². The van der Waals surface area contributed by atoms with Crippen molar-refractivity contribution in [1.82, 2.24) is 14.6 Å². The Kier molecular flexibility index (Phi) is 4.37. The van der Waals surface area contributed by atoms with Crippen molar-refractivity contribution in [3.8, 4) is 0 Å². The number of thiazole rings is 1. The molecule has 0 radical (unpaired) electrons. The topological polar surface area (TPSA) is 64.3 Å². The molecule has 0 amide bonds. The molecule has 0 aliphatic carbocycles. The lowest BCUT2D eigenvalue weighted by Crippen LogP contribution is -2.28. The Morgan fingerprint density at radius 2 is 1.78 bits per heavy atom. The number of hydrogen-bond donors (Lipinski definition) is 0. The summed E-state index contributed by atoms with van der Waals surface area (Å²) in [6.07, 6.45) is 1.94. The van der Waals surface area contributed by atoms with Gasteiger partial charge in [0.1, 0.15) is 11.5 Å². The minimum atomic E-state index is -0.484. The predicted molar refractivity (Wildman–Crippen MR) is 103 cm³/mol. The average Bonchev–Trinajstić information content (AvgIpc) is 2.94. The van der Waals surface area contributed by atoms with E-state index in [9.17, 15) is 14.0 Å². The molecule has 134 valence electrons. The molecule has 4 rings (SSSR count). The highest BCUT2D eigenvalue weighted by atomic mass is 32.1. The van der Waals surface area contributed by atoms with Crippen LogP contribution in [0.25, 0.3) is 11.0 Å². The predicted octanol–water partition coefficient (Wildman–Crippen LogP) is 2.10. The number of aryl methyl sites for hydroxylation is 1. The maximum absolute atomic E-state index is 13.0. The van der Waals surface area contributed by atoms with Gasteiger partial charge >= 0.3 is 0 Å². The van der Waals surface area contributed by atoms with Crippen molar-refractivity contribution in [2.45, 2.75) is 13.3 Å². The first kappa shape index (κ1) is 17.2. The zero-order chi connectivity index (χ0) is 19.0. The van der Waals surface area contributed by atoms with Gasteiger partial charge in [-0.15, -0.1) is 0 Å². The van der Waals surface area contributed by atoms with E-state index in [0.29, 0.717) is 4.53 Å². The normalized spacial score (nSPS) is 12.0. The Bertz CT molecular complexity index is 1290. The second-order valence-electron chi connectivity index (χ2n) is 6.19. The summed E-state index contributed by atoms with van der Waals surface area (Å²) in [5, 5.41) is 4.19. The summed E-state index contributed by atoms with van der Waals surface area (Å²) in [6, 6.07) is 13.6. The molecule has 0 N–H and O–H groups in total. The maximum Gasteiger partial charge on any atom is 0.296 e. The molecule has 0 unspecified atom stereocenters. The number of rotatable bonds is 3. The largest absolute Gasteiger partial charge is 0.296 e. The van der Waals surface area contributed by atoms with Crippen molar-refractivity contribution in [2.24, 2.45) is 0 Å². The minimum absolute atomic E-state index is 0.149. The van der Waals surface area contributed by atoms with Crippen LogP contribution in [0.5, 0.6) is 0 Å². The van der Waals surface area contributed by atoms with Crippen molar-refractivity contribution in [1.29, 1.82) is 0 Å². The monoisotopic (exact) mass is 379 g/mol. The lowest BCUT2D eigenvalue weighted by molar-refractivity contribution is 0.627. The van der Waals surface area contributed by atoms with Crippen LogP contribution in [-0.4, -0.2) is 14.6 Å². The summed E-state index contributed by atoms with van der Waals surface area (Å²) in [6.45, 7) is 1.99. The Balaban J connectivity index is 1.79. The quantitative estimate of drug-likeness (QED) is 0.547. The molecule has 0 spiro atoms. The fourth-order valence-electron chi connectivity index (χ4n) is 2.66. The van der Waals surface area contributed by atoms with Gasteiger partial charge in [-0.25, -0.2) is 4.39 Å². The third kappa shape index (κ3) is 3.54. The molecule has 2 aromatic heterocycles. The van der Waals surface area contributed by atoms with Gasteiger partial charge in [0.05, 0.1) is 4.53 Å². The molecule has 0 aliphatic rings. The van der Waals surface area contributed by atoms with E-state index in [2.05, 4.69) is 10.1 Å². The molecule has 4 aromatic rings. The van der Waals surface area contributed by atoms with E-state index in [0.717, 1.165) is 32.5 Å². The molecular formula is C20H14FN3O2S. The standard InChI is InChI=1S/C20H14FN3O2S/c1-12-2-4-14(5-3-12)11-17-19(26)24-20(27-17)22-18(25)16(23-24)10-13-6-8-15(21)9-7-13/h2-9,11H,10H2,1H3/b17-11+. The van der Waals surface area contributed by atoms with Crippen molar-refractivity contribution < 1.29 is 4.39 Å². The fourth-order valence-corrected chi connectivity index (χ4v) is 3.57. The molecule has 0 aliphatic heterocycles. The summed E-state index contributed by atoms with van der Waals surface area (Å²) in [5.41, 5.74) is 2.09. The van der Waals surface area contributed by atoms with E-state index in [-0.39, 0.29) is 28.5 Å². The fraction of sp³-hybridized carbons (Fsp3) is 0.100. The first-order valence-corrected chi connectivity index (χ1v) is 9.07. The number of hydrogen-bond acceptors (Lipinski definition) is 5. The number of halogens is 1. The molecule has 7 heteroatoms. The maximum atomic E-state index is 13.0. The van der Waals surface area contributed by atoms with Crippen LogP contribution in [0.4, 0.5) is 4.39 Å². The molecule has 0 saturated carbocycles. The smallest absolute Gasteiger partial charge is 0.266 e. The van der Waals surface area contributed by atoms with Gasteiger partial charge in [0.25, 0.3) is 11.1 Å². The third-order valence-electron chi connectivity index (χ3n) is 4.11. The molecule has 0 saturated heterocycles. The molecule has 0 fully saturated rings. The van der Waals surface area contributed by atoms with Gasteiger partial charge in [0, 0.05) is 6.42 Å². The molecular weight excluding hydrogens is 365 g/mol. The molecule has 2 heterocycles. The number of benzene rings is 2. The zero-order valence-corrected chi connectivity index (χ0v) is 15.2. The molecule has 0 bridgehead atoms. The second-order valence-corrected chi connectivity index (χ2v) is 7.20. The van der Waals surface area contributed by atoms with Crippen LogP contribution in [0, 0.1) is 12.7 Å². The summed E-state index contributed by atoms with van der Waals surface area (Å²) in [7, 11) is 0. The van der Waals surface area contributed by atoms with Gasteiger partial charge in [-0.1, -0.05) is 53.3 Å². The lowest BCUT2D eigenvalue weighted by atomic mass is 10.1. The Morgan fingerprint density at radius 3 is 2.48 bits per heavy atom. The van der Waals surface area contributed by atoms with Crippen LogP contribution in [-0.2, 0) is 6.42 Å². The van der Waals surface area contributed by atoms with Crippen molar-refractivity contribution >= 4 is 22.4 Å². The van der Waals surface area contributed by atoms with E-state index < -0.39 is 5.56 Å². The van der Waals surface area contributed by atoms with Crippen LogP contribution in [0.3, 0.4) is 0 Å². The van der Waals surface area contributed by atoms with Crippen molar-refractivity contribution in [2.75, 3.05) is 0 Å². The zero-order valence-electron chi connectivity index (χ0n) is 14.3. The molecule has 0 atom stereocenters. The van der Waals surface area contributed by atoms with E-state index in [4.69, 9.17) is 0 Å². The first-order valence-electron chi connectivity index (χ1n) is 8.25. The van der Waals surface area contributed by atoms with E-state index in [1.165, 1.54) is 12.1 Å². The van der Waals surface area contributed by atoms with E-state index in [1.54, 1.807) is 18.2 Å². The molecule has 27 heavy (non-hydrogen) atoms. The van der Waals surface area contributed by atoms with Gasteiger partial charge in [0.2, 0.25) is 4.96 Å². The third-order valence-corrected chi connectivity index (χ3v) is 5.07. The highest BCUT2D eigenvalue weighted by Crippen LogP contribution is 2.07. The highest BCUT2D eigenvalue weighted by Gasteiger charge is 2.11. The summed E-state index contributed by atoms with van der Waals surface area (Å²) in [5.74, 6) is -0.354. The average molecular weight is 379 g/mol. The molecule has 5 nitrogen and oxygen atoms in total. The summed E-state index contributed by atoms with van der Waals surface area (Å²) >= 11 is 1.13. The first-order chi connectivity index (χ1) is 13.0. The van der Waals surface area contributed by atoms with Crippen molar-refractivity contribution in [3.05, 3.63) is 102 Å². The van der Waals surface area contributed by atoms with Gasteiger partial charge < -0.3 is 0 Å². The van der Waals surface area contributed by atoms with Gasteiger partial charge in [-0.3, -0.25) is 9.59 Å². The van der Waals surface area contributed by atoms with Crippen molar-refractivity contribution in [3.63, 3.8) is 0 Å². The van der Waals surface area contributed by atoms with E-state index >= 15 is 0 Å². The second kappa shape index (κ2) is 6.85. The van der Waals surface area contributed by atoms with Crippen LogP contribution >= 0.6 is 11.3 Å². The number of aromatic nitrogens is 3. The number of nitrogens with zero attached hydrogens (tertiary/aromatic N) is 3. The highest BCUT2D eigenvalue weighted by molar-refractivity contribution is 7.15. The minimum Gasteiger partial charge on any atom is -0.266 e.